The standard InChI is InChI=1S/C26H30F2N4O4S/c27-21-7-3-19(4-8-21)23(20-5-9-22(28)10-6-20)30-13-15-31(16-14-30)37(35,36)18-17-32-24(33)26(29-25(32)34)11-1-2-12-26/h3-10,23H,1-2,11-18H2,(H,29,34). The van der Waals surface area contributed by atoms with Gasteiger partial charge in [0, 0.05) is 32.7 Å². The molecule has 1 spiro atoms. The van der Waals surface area contributed by atoms with Crippen LogP contribution in [0.1, 0.15) is 42.9 Å². The Balaban J connectivity index is 1.25. The Morgan fingerprint density at radius 1 is 0.838 bits per heavy atom. The lowest BCUT2D eigenvalue weighted by molar-refractivity contribution is -0.130. The van der Waals surface area contributed by atoms with Crippen molar-refractivity contribution in [3.05, 3.63) is 71.3 Å². The van der Waals surface area contributed by atoms with Gasteiger partial charge in [-0.2, -0.15) is 4.31 Å². The van der Waals surface area contributed by atoms with E-state index in [1.165, 1.54) is 28.6 Å². The molecule has 2 saturated heterocycles. The lowest BCUT2D eigenvalue weighted by Crippen LogP contribution is -2.51. The van der Waals surface area contributed by atoms with Crippen LogP contribution in [0, 0.1) is 11.6 Å². The number of urea groups is 1. The number of halogens is 2. The molecule has 11 heteroatoms. The number of carbonyl (C=O) groups excluding carboxylic acids is 2. The average Bonchev–Trinajstić information content (AvgIpc) is 3.45. The highest BCUT2D eigenvalue weighted by atomic mass is 32.2. The van der Waals surface area contributed by atoms with E-state index in [1.807, 2.05) is 0 Å². The summed E-state index contributed by atoms with van der Waals surface area (Å²) in [5.74, 6) is -1.37. The van der Waals surface area contributed by atoms with Crippen molar-refractivity contribution in [2.45, 2.75) is 37.3 Å². The summed E-state index contributed by atoms with van der Waals surface area (Å²) in [5.41, 5.74) is 0.787. The Bertz CT molecular complexity index is 1210. The fourth-order valence-corrected chi connectivity index (χ4v) is 7.07. The largest absolute Gasteiger partial charge is 0.325 e. The third-order valence-electron chi connectivity index (χ3n) is 7.68. The van der Waals surface area contributed by atoms with Crippen molar-refractivity contribution in [3.8, 4) is 0 Å². The first kappa shape index (κ1) is 25.7. The van der Waals surface area contributed by atoms with Gasteiger partial charge >= 0.3 is 6.03 Å². The predicted molar refractivity (Wildman–Crippen MR) is 133 cm³/mol. The van der Waals surface area contributed by atoms with Crippen molar-refractivity contribution in [2.24, 2.45) is 0 Å². The van der Waals surface area contributed by atoms with E-state index in [-0.39, 0.29) is 49.0 Å². The summed E-state index contributed by atoms with van der Waals surface area (Å²) >= 11 is 0. The summed E-state index contributed by atoms with van der Waals surface area (Å²) in [6.45, 7) is 1.09. The van der Waals surface area contributed by atoms with Gasteiger partial charge in [0.25, 0.3) is 5.91 Å². The van der Waals surface area contributed by atoms with Gasteiger partial charge < -0.3 is 5.32 Å². The Kier molecular flexibility index (Phi) is 7.03. The summed E-state index contributed by atoms with van der Waals surface area (Å²) in [6, 6.07) is 11.4. The third kappa shape index (κ3) is 5.12. The van der Waals surface area contributed by atoms with Crippen LogP contribution in [0.15, 0.2) is 48.5 Å². The summed E-state index contributed by atoms with van der Waals surface area (Å²) in [7, 11) is -3.71. The zero-order valence-corrected chi connectivity index (χ0v) is 21.2. The Labute approximate surface area is 215 Å². The number of nitrogens with one attached hydrogen (secondary N) is 1. The number of carbonyl (C=O) groups is 2. The first-order valence-electron chi connectivity index (χ1n) is 12.6. The Morgan fingerprint density at radius 3 is 1.86 bits per heavy atom. The van der Waals surface area contributed by atoms with Crippen LogP contribution in [0.4, 0.5) is 13.6 Å². The molecule has 1 N–H and O–H groups in total. The lowest BCUT2D eigenvalue weighted by atomic mass is 9.96. The van der Waals surface area contributed by atoms with Gasteiger partial charge in [-0.1, -0.05) is 37.1 Å². The van der Waals surface area contributed by atoms with Crippen LogP contribution < -0.4 is 5.32 Å². The molecule has 2 heterocycles. The highest BCUT2D eigenvalue weighted by molar-refractivity contribution is 7.89. The maximum absolute atomic E-state index is 13.6. The molecule has 0 aromatic heterocycles. The molecular weight excluding hydrogens is 502 g/mol. The molecule has 3 fully saturated rings. The quantitative estimate of drug-likeness (QED) is 0.554. The zero-order chi connectivity index (χ0) is 26.2. The number of sulfonamides is 1. The number of piperazine rings is 1. The van der Waals surface area contributed by atoms with Crippen LogP contribution in [-0.4, -0.2) is 78.5 Å². The molecule has 37 heavy (non-hydrogen) atoms. The summed E-state index contributed by atoms with van der Waals surface area (Å²) in [4.78, 5) is 28.4. The number of hydrogen-bond donors (Lipinski definition) is 1. The van der Waals surface area contributed by atoms with Gasteiger partial charge in [-0.15, -0.1) is 0 Å². The molecule has 198 valence electrons. The molecule has 2 aliphatic heterocycles. The maximum atomic E-state index is 13.6. The number of imide groups is 1. The van der Waals surface area contributed by atoms with Crippen molar-refractivity contribution in [2.75, 3.05) is 38.5 Å². The second-order valence-corrected chi connectivity index (χ2v) is 12.0. The highest BCUT2D eigenvalue weighted by Gasteiger charge is 2.52. The minimum atomic E-state index is -3.71. The van der Waals surface area contributed by atoms with E-state index in [1.54, 1.807) is 24.3 Å². The number of benzene rings is 2. The van der Waals surface area contributed by atoms with Crippen molar-refractivity contribution < 1.29 is 26.8 Å². The summed E-state index contributed by atoms with van der Waals surface area (Å²) in [6.07, 6.45) is 2.90. The monoisotopic (exact) mass is 532 g/mol. The first-order valence-corrected chi connectivity index (χ1v) is 14.2. The molecule has 1 aliphatic carbocycles. The van der Waals surface area contributed by atoms with E-state index in [2.05, 4.69) is 10.2 Å². The van der Waals surface area contributed by atoms with Crippen LogP contribution >= 0.6 is 0 Å². The topological polar surface area (TPSA) is 90.0 Å². The van der Waals surface area contributed by atoms with Crippen LogP contribution in [0.5, 0.6) is 0 Å². The van der Waals surface area contributed by atoms with E-state index in [0.717, 1.165) is 28.9 Å². The van der Waals surface area contributed by atoms with Crippen molar-refractivity contribution in [1.29, 1.82) is 0 Å². The molecule has 0 radical (unpaired) electrons. The molecule has 1 saturated carbocycles. The van der Waals surface area contributed by atoms with E-state index in [0.29, 0.717) is 25.9 Å². The fourth-order valence-electron chi connectivity index (χ4n) is 5.68. The zero-order valence-electron chi connectivity index (χ0n) is 20.4. The van der Waals surface area contributed by atoms with Gasteiger partial charge in [0.2, 0.25) is 10.0 Å². The molecule has 8 nitrogen and oxygen atoms in total. The van der Waals surface area contributed by atoms with E-state index in [9.17, 15) is 26.8 Å². The number of rotatable bonds is 7. The fraction of sp³-hybridized carbons (Fsp3) is 0.462. The molecule has 0 atom stereocenters. The Hall–Kier alpha value is -2.89. The van der Waals surface area contributed by atoms with E-state index < -0.39 is 21.6 Å². The molecule has 3 aliphatic rings. The van der Waals surface area contributed by atoms with Crippen molar-refractivity contribution in [3.63, 3.8) is 0 Å². The van der Waals surface area contributed by atoms with Gasteiger partial charge in [-0.3, -0.25) is 14.6 Å². The van der Waals surface area contributed by atoms with Crippen molar-refractivity contribution in [1.82, 2.24) is 19.4 Å². The molecule has 0 unspecified atom stereocenters. The van der Waals surface area contributed by atoms with Gasteiger partial charge in [-0.05, 0) is 48.2 Å². The second-order valence-electron chi connectivity index (χ2n) is 9.93. The van der Waals surface area contributed by atoms with Gasteiger partial charge in [-0.25, -0.2) is 22.0 Å². The SMILES string of the molecule is O=C1NC2(CCCC2)C(=O)N1CCS(=O)(=O)N1CCN(C(c2ccc(F)cc2)c2ccc(F)cc2)CC1. The third-order valence-corrected chi connectivity index (χ3v) is 9.53. The van der Waals surface area contributed by atoms with Gasteiger partial charge in [0.05, 0.1) is 11.8 Å². The first-order chi connectivity index (χ1) is 17.7. The number of nitrogens with zero attached hydrogens (tertiary/aromatic N) is 3. The van der Waals surface area contributed by atoms with Gasteiger partial charge in [0.1, 0.15) is 17.2 Å². The average molecular weight is 533 g/mol. The second kappa shape index (κ2) is 10.1. The molecule has 5 rings (SSSR count). The molecule has 0 bridgehead atoms. The van der Waals surface area contributed by atoms with Crippen LogP contribution in [0.3, 0.4) is 0 Å². The highest BCUT2D eigenvalue weighted by Crippen LogP contribution is 2.35. The minimum absolute atomic E-state index is 0.178. The molecule has 2 aromatic rings. The van der Waals surface area contributed by atoms with Crippen molar-refractivity contribution >= 4 is 22.0 Å². The summed E-state index contributed by atoms with van der Waals surface area (Å²) in [5, 5.41) is 2.78. The van der Waals surface area contributed by atoms with Crippen LogP contribution in [0.25, 0.3) is 0 Å². The normalized spacial score (nSPS) is 20.8. The number of amides is 3. The molecule has 3 amide bonds. The predicted octanol–water partition coefficient (Wildman–Crippen LogP) is 2.87. The lowest BCUT2D eigenvalue weighted by Gasteiger charge is -2.39. The smallest absolute Gasteiger partial charge is 0.323 e. The Morgan fingerprint density at radius 2 is 1.35 bits per heavy atom. The van der Waals surface area contributed by atoms with Crippen LogP contribution in [-0.2, 0) is 14.8 Å². The molecule has 2 aromatic carbocycles. The van der Waals surface area contributed by atoms with E-state index >= 15 is 0 Å². The minimum Gasteiger partial charge on any atom is -0.323 e. The molecular formula is C26H30F2N4O4S. The number of hydrogen-bond acceptors (Lipinski definition) is 5. The maximum Gasteiger partial charge on any atom is 0.325 e. The summed E-state index contributed by atoms with van der Waals surface area (Å²) < 4.78 is 54.7. The van der Waals surface area contributed by atoms with Gasteiger partial charge in [0.15, 0.2) is 0 Å². The van der Waals surface area contributed by atoms with Crippen LogP contribution in [0.2, 0.25) is 0 Å². The van der Waals surface area contributed by atoms with E-state index in [4.69, 9.17) is 0 Å².